The number of carbonyl (C=O) groups excluding carboxylic acids is 4. The number of urea groups is 1. The van der Waals surface area contributed by atoms with Gasteiger partial charge in [0.25, 0.3) is 0 Å². The fourth-order valence-electron chi connectivity index (χ4n) is 3.05. The molecule has 0 saturated carbocycles. The number of amides is 4. The molecule has 0 aliphatic carbocycles. The fourth-order valence-corrected chi connectivity index (χ4v) is 3.05. The Bertz CT molecular complexity index is 795. The first-order chi connectivity index (χ1) is 15.5. The van der Waals surface area contributed by atoms with Gasteiger partial charge in [-0.1, -0.05) is 39.8 Å². The highest BCUT2D eigenvalue weighted by molar-refractivity contribution is 5.97. The van der Waals surface area contributed by atoms with Crippen LogP contribution in [0.15, 0.2) is 24.3 Å². The van der Waals surface area contributed by atoms with Crippen LogP contribution < -0.4 is 27.0 Å². The molecule has 10 heteroatoms. The molecule has 10 nitrogen and oxygen atoms in total. The van der Waals surface area contributed by atoms with Crippen molar-refractivity contribution >= 4 is 29.5 Å². The van der Waals surface area contributed by atoms with Crippen LogP contribution in [0.3, 0.4) is 0 Å². The summed E-state index contributed by atoms with van der Waals surface area (Å²) in [5, 5.41) is 11.0. The number of hydrogen-bond acceptors (Lipinski definition) is 6. The number of hydrogen-bond donors (Lipinski definition) is 5. The first-order valence-corrected chi connectivity index (χ1v) is 11.1. The van der Waals surface area contributed by atoms with Gasteiger partial charge in [-0.3, -0.25) is 14.4 Å². The number of primary amides is 1. The van der Waals surface area contributed by atoms with Crippen LogP contribution in [0.2, 0.25) is 0 Å². The van der Waals surface area contributed by atoms with E-state index < -0.39 is 18.1 Å². The average molecular weight is 464 g/mol. The molecule has 0 aromatic heterocycles. The van der Waals surface area contributed by atoms with Crippen molar-refractivity contribution in [1.82, 2.24) is 16.0 Å². The highest BCUT2D eigenvalue weighted by Gasteiger charge is 2.26. The molecule has 0 aliphatic rings. The topological polar surface area (TPSA) is 152 Å². The van der Waals surface area contributed by atoms with Crippen molar-refractivity contribution in [2.45, 2.75) is 59.2 Å². The Labute approximate surface area is 195 Å². The van der Waals surface area contributed by atoms with Gasteiger partial charge < -0.3 is 31.7 Å². The van der Waals surface area contributed by atoms with Crippen molar-refractivity contribution in [2.24, 2.45) is 17.6 Å². The van der Waals surface area contributed by atoms with E-state index in [1.165, 1.54) is 0 Å². The molecule has 1 aromatic carbocycles. The van der Waals surface area contributed by atoms with Crippen molar-refractivity contribution in [3.05, 3.63) is 29.8 Å². The van der Waals surface area contributed by atoms with Gasteiger partial charge in [0.1, 0.15) is 12.6 Å². The van der Waals surface area contributed by atoms with Crippen molar-refractivity contribution in [2.75, 3.05) is 18.9 Å². The summed E-state index contributed by atoms with van der Waals surface area (Å²) in [4.78, 5) is 48.0. The number of nitrogens with one attached hydrogen (secondary N) is 4. The monoisotopic (exact) mass is 463 g/mol. The number of likely N-dealkylation sites (N-methyl/N-ethyl adjacent to an activating group) is 1. The summed E-state index contributed by atoms with van der Waals surface area (Å²) in [6.45, 7) is 7.79. The van der Waals surface area contributed by atoms with Crippen molar-refractivity contribution in [3.8, 4) is 0 Å². The summed E-state index contributed by atoms with van der Waals surface area (Å²) < 4.78 is 5.20. The summed E-state index contributed by atoms with van der Waals surface area (Å²) >= 11 is 0. The van der Waals surface area contributed by atoms with E-state index in [1.807, 2.05) is 13.8 Å². The third-order valence-corrected chi connectivity index (χ3v) is 4.94. The molecule has 6 N–H and O–H groups in total. The minimum atomic E-state index is -0.798. The largest absolute Gasteiger partial charge is 0.461 e. The molecule has 184 valence electrons. The van der Waals surface area contributed by atoms with Crippen LogP contribution in [0.25, 0.3) is 0 Å². The second kappa shape index (κ2) is 14.1. The van der Waals surface area contributed by atoms with Gasteiger partial charge in [0, 0.05) is 12.2 Å². The lowest BCUT2D eigenvalue weighted by molar-refractivity contribution is -0.148. The SMILES string of the molecule is CNC(C(=O)N[C@@H](CCCNC(N)=O)C(=O)Nc1ccc(COC(=O)C(C)C)cc1)C(C)C. The highest BCUT2D eigenvalue weighted by atomic mass is 16.5. The van der Waals surface area contributed by atoms with Crippen molar-refractivity contribution in [3.63, 3.8) is 0 Å². The van der Waals surface area contributed by atoms with Gasteiger partial charge >= 0.3 is 12.0 Å². The normalized spacial score (nSPS) is 12.7. The Morgan fingerprint density at radius 2 is 1.64 bits per heavy atom. The number of ether oxygens (including phenoxy) is 1. The summed E-state index contributed by atoms with van der Waals surface area (Å²) in [6.07, 6.45) is 0.767. The lowest BCUT2D eigenvalue weighted by atomic mass is 10.0. The van der Waals surface area contributed by atoms with Gasteiger partial charge in [0.05, 0.1) is 12.0 Å². The summed E-state index contributed by atoms with van der Waals surface area (Å²) in [7, 11) is 1.69. The number of rotatable bonds is 13. The molecule has 0 bridgehead atoms. The van der Waals surface area contributed by atoms with Crippen molar-refractivity contribution < 1.29 is 23.9 Å². The lowest BCUT2D eigenvalue weighted by Crippen LogP contribution is -2.52. The third kappa shape index (κ3) is 10.3. The second-order valence-electron chi connectivity index (χ2n) is 8.45. The van der Waals surface area contributed by atoms with Crippen LogP contribution in [0, 0.1) is 11.8 Å². The standard InChI is InChI=1S/C23H37N5O5/c1-14(2)19(25-5)21(30)28-18(7-6-12-26-23(24)32)20(29)27-17-10-8-16(9-11-17)13-33-22(31)15(3)4/h8-11,14-15,18-19,25H,6-7,12-13H2,1-5H3,(H,27,29)(H,28,30)(H3,24,26,32)/t18-,19?/m0/s1. The van der Waals surface area contributed by atoms with Crippen LogP contribution in [-0.2, 0) is 25.7 Å². The molecule has 1 aromatic rings. The van der Waals surface area contributed by atoms with Crippen LogP contribution >= 0.6 is 0 Å². The molecule has 0 saturated heterocycles. The van der Waals surface area contributed by atoms with Gasteiger partial charge in [0.2, 0.25) is 11.8 Å². The second-order valence-corrected chi connectivity index (χ2v) is 8.45. The predicted octanol–water partition coefficient (Wildman–Crippen LogP) is 1.50. The first-order valence-electron chi connectivity index (χ1n) is 11.1. The number of carbonyl (C=O) groups is 4. The molecular formula is C23H37N5O5. The molecule has 4 amide bonds. The summed E-state index contributed by atoms with van der Waals surface area (Å²) in [6, 6.07) is 5.02. The van der Waals surface area contributed by atoms with E-state index in [1.54, 1.807) is 45.2 Å². The highest BCUT2D eigenvalue weighted by Crippen LogP contribution is 2.13. The molecule has 2 atom stereocenters. The van der Waals surface area contributed by atoms with Gasteiger partial charge in [-0.15, -0.1) is 0 Å². The van der Waals surface area contributed by atoms with Gasteiger partial charge in [0.15, 0.2) is 0 Å². The minimum absolute atomic E-state index is 0.0348. The van der Waals surface area contributed by atoms with Crippen LogP contribution in [0.4, 0.5) is 10.5 Å². The average Bonchev–Trinajstić information content (AvgIpc) is 2.74. The molecule has 1 unspecified atom stereocenters. The molecule has 1 rings (SSSR count). The number of benzene rings is 1. The van der Waals surface area contributed by atoms with E-state index in [4.69, 9.17) is 10.5 Å². The summed E-state index contributed by atoms with van der Waals surface area (Å²) in [5.74, 6) is -1.10. The Balaban J connectivity index is 2.79. The number of esters is 1. The zero-order valence-electron chi connectivity index (χ0n) is 20.1. The first kappa shape index (κ1) is 27.9. The molecule has 0 fully saturated rings. The predicted molar refractivity (Wildman–Crippen MR) is 126 cm³/mol. The van der Waals surface area contributed by atoms with E-state index in [0.717, 1.165) is 5.56 Å². The maximum Gasteiger partial charge on any atom is 0.312 e. The van der Waals surface area contributed by atoms with Crippen LogP contribution in [-0.4, -0.2) is 49.5 Å². The number of anilines is 1. The number of nitrogens with two attached hydrogens (primary N) is 1. The van der Waals surface area contributed by atoms with E-state index in [9.17, 15) is 19.2 Å². The Hall–Kier alpha value is -3.14. The maximum absolute atomic E-state index is 12.9. The minimum Gasteiger partial charge on any atom is -0.461 e. The Morgan fingerprint density at radius 3 is 2.15 bits per heavy atom. The zero-order chi connectivity index (χ0) is 25.0. The van der Waals surface area contributed by atoms with E-state index in [-0.39, 0.29) is 36.2 Å². The Morgan fingerprint density at radius 1 is 1.00 bits per heavy atom. The van der Waals surface area contributed by atoms with Gasteiger partial charge in [-0.25, -0.2) is 4.79 Å². The quantitative estimate of drug-likeness (QED) is 0.221. The molecule has 0 radical (unpaired) electrons. The van der Waals surface area contributed by atoms with E-state index in [0.29, 0.717) is 25.1 Å². The van der Waals surface area contributed by atoms with Gasteiger partial charge in [-0.05, 0) is 43.5 Å². The molecule has 33 heavy (non-hydrogen) atoms. The molecule has 0 heterocycles. The van der Waals surface area contributed by atoms with Crippen LogP contribution in [0.1, 0.15) is 46.1 Å². The fraction of sp³-hybridized carbons (Fsp3) is 0.565. The van der Waals surface area contributed by atoms with Crippen LogP contribution in [0.5, 0.6) is 0 Å². The van der Waals surface area contributed by atoms with Crippen molar-refractivity contribution in [1.29, 1.82) is 0 Å². The smallest absolute Gasteiger partial charge is 0.312 e. The Kier molecular flexibility index (Phi) is 11.9. The van der Waals surface area contributed by atoms with Gasteiger partial charge in [-0.2, -0.15) is 0 Å². The molecule has 0 aliphatic heterocycles. The summed E-state index contributed by atoms with van der Waals surface area (Å²) in [5.41, 5.74) is 6.41. The maximum atomic E-state index is 12.9. The third-order valence-electron chi connectivity index (χ3n) is 4.94. The molecule has 0 spiro atoms. The van der Waals surface area contributed by atoms with E-state index >= 15 is 0 Å². The van der Waals surface area contributed by atoms with E-state index in [2.05, 4.69) is 21.3 Å². The molecular weight excluding hydrogens is 426 g/mol. The zero-order valence-corrected chi connectivity index (χ0v) is 20.1. The lowest BCUT2D eigenvalue weighted by Gasteiger charge is -2.24.